The molecule has 0 saturated carbocycles. The van der Waals surface area contributed by atoms with Crippen molar-refractivity contribution in [3.05, 3.63) is 24.0 Å². The van der Waals surface area contributed by atoms with Gasteiger partial charge in [-0.15, -0.1) is 0 Å². The minimum atomic E-state index is 0.0785. The van der Waals surface area contributed by atoms with Crippen molar-refractivity contribution in [1.29, 1.82) is 0 Å². The highest BCUT2D eigenvalue weighted by Crippen LogP contribution is 2.13. The molecule has 2 heterocycles. The summed E-state index contributed by atoms with van der Waals surface area (Å²) in [6.07, 6.45) is 8.69. The highest BCUT2D eigenvalue weighted by molar-refractivity contribution is 5.90. The van der Waals surface area contributed by atoms with E-state index in [1.807, 2.05) is 13.0 Å². The molecule has 4 heteroatoms. The number of carbonyl (C=O) groups excluding carboxylic acids is 1. The third-order valence-electron chi connectivity index (χ3n) is 3.29. The van der Waals surface area contributed by atoms with Gasteiger partial charge in [0.15, 0.2) is 0 Å². The summed E-state index contributed by atoms with van der Waals surface area (Å²) in [6.45, 7) is 3.06. The van der Waals surface area contributed by atoms with Gasteiger partial charge < -0.3 is 10.6 Å². The Morgan fingerprint density at radius 1 is 1.50 bits per heavy atom. The number of rotatable bonds is 4. The van der Waals surface area contributed by atoms with Crippen molar-refractivity contribution < 1.29 is 4.79 Å². The molecule has 1 amide bonds. The van der Waals surface area contributed by atoms with Gasteiger partial charge in [0.25, 0.3) is 0 Å². The Labute approximate surface area is 108 Å². The number of nitrogens with one attached hydrogen (secondary N) is 2. The Morgan fingerprint density at radius 2 is 2.39 bits per heavy atom. The van der Waals surface area contributed by atoms with Crippen LogP contribution in [-0.2, 0) is 4.79 Å². The lowest BCUT2D eigenvalue weighted by atomic mass is 10.0. The molecule has 0 spiro atoms. The van der Waals surface area contributed by atoms with E-state index in [4.69, 9.17) is 0 Å². The summed E-state index contributed by atoms with van der Waals surface area (Å²) in [4.78, 5) is 15.9. The highest BCUT2D eigenvalue weighted by atomic mass is 16.1. The molecule has 0 radical (unpaired) electrons. The molecule has 1 atom stereocenters. The molecular formula is C14H21N3O. The van der Waals surface area contributed by atoms with Gasteiger partial charge in [0.05, 0.1) is 11.9 Å². The first-order valence-corrected chi connectivity index (χ1v) is 6.69. The maximum absolute atomic E-state index is 11.8. The Hall–Kier alpha value is -1.42. The van der Waals surface area contributed by atoms with Crippen LogP contribution in [0.15, 0.2) is 18.5 Å². The van der Waals surface area contributed by atoms with Gasteiger partial charge in [-0.05, 0) is 44.4 Å². The maximum Gasteiger partial charge on any atom is 0.224 e. The van der Waals surface area contributed by atoms with Crippen LogP contribution in [0.2, 0.25) is 0 Å². The standard InChI is InChI=1S/C14H21N3O/c1-11-8-13(10-15-9-11)17-14(18)6-5-12-4-2-3-7-16-12/h8-10,12,16H,2-7H2,1H3,(H,17,18). The number of hydrogen-bond acceptors (Lipinski definition) is 3. The molecule has 4 nitrogen and oxygen atoms in total. The van der Waals surface area contributed by atoms with Crippen LogP contribution in [0.5, 0.6) is 0 Å². The van der Waals surface area contributed by atoms with Gasteiger partial charge in [-0.1, -0.05) is 6.42 Å². The van der Waals surface area contributed by atoms with Crippen LogP contribution in [0, 0.1) is 6.92 Å². The molecule has 2 N–H and O–H groups in total. The normalized spacial score (nSPS) is 19.5. The molecular weight excluding hydrogens is 226 g/mol. The van der Waals surface area contributed by atoms with Gasteiger partial charge in [-0.2, -0.15) is 0 Å². The first-order valence-electron chi connectivity index (χ1n) is 6.69. The molecule has 98 valence electrons. The number of anilines is 1. The van der Waals surface area contributed by atoms with Crippen molar-refractivity contribution in [3.63, 3.8) is 0 Å². The van der Waals surface area contributed by atoms with Gasteiger partial charge in [-0.25, -0.2) is 0 Å². The Bertz CT molecular complexity index is 400. The van der Waals surface area contributed by atoms with Crippen LogP contribution < -0.4 is 10.6 Å². The average molecular weight is 247 g/mol. The lowest BCUT2D eigenvalue weighted by Gasteiger charge is -2.23. The summed E-state index contributed by atoms with van der Waals surface area (Å²) in [6, 6.07) is 2.45. The quantitative estimate of drug-likeness (QED) is 0.858. The fraction of sp³-hybridized carbons (Fsp3) is 0.571. The lowest BCUT2D eigenvalue weighted by Crippen LogP contribution is -2.34. The van der Waals surface area contributed by atoms with Gasteiger partial charge >= 0.3 is 0 Å². The van der Waals surface area contributed by atoms with E-state index in [2.05, 4.69) is 15.6 Å². The number of aromatic nitrogens is 1. The third-order valence-corrected chi connectivity index (χ3v) is 3.29. The van der Waals surface area contributed by atoms with Crippen molar-refractivity contribution >= 4 is 11.6 Å². The van der Waals surface area contributed by atoms with Gasteiger partial charge in [-0.3, -0.25) is 9.78 Å². The van der Waals surface area contributed by atoms with Crippen LogP contribution in [0.3, 0.4) is 0 Å². The molecule has 0 aromatic carbocycles. The summed E-state index contributed by atoms with van der Waals surface area (Å²) in [5, 5.41) is 6.35. The average Bonchev–Trinajstić information content (AvgIpc) is 2.38. The topological polar surface area (TPSA) is 54.0 Å². The summed E-state index contributed by atoms with van der Waals surface area (Å²) in [7, 11) is 0. The third kappa shape index (κ3) is 4.11. The van der Waals surface area contributed by atoms with E-state index in [1.54, 1.807) is 12.4 Å². The molecule has 0 bridgehead atoms. The number of nitrogens with zero attached hydrogens (tertiary/aromatic N) is 1. The van der Waals surface area contributed by atoms with E-state index >= 15 is 0 Å². The van der Waals surface area contributed by atoms with E-state index in [9.17, 15) is 4.79 Å². The van der Waals surface area contributed by atoms with Gasteiger partial charge in [0.2, 0.25) is 5.91 Å². The second-order valence-corrected chi connectivity index (χ2v) is 4.98. The van der Waals surface area contributed by atoms with Gasteiger partial charge in [0, 0.05) is 18.7 Å². The predicted octanol–water partition coefficient (Wildman–Crippen LogP) is 2.25. The van der Waals surface area contributed by atoms with Crippen LogP contribution in [0.25, 0.3) is 0 Å². The van der Waals surface area contributed by atoms with Crippen molar-refractivity contribution in [2.45, 2.75) is 45.1 Å². The monoisotopic (exact) mass is 247 g/mol. The minimum Gasteiger partial charge on any atom is -0.325 e. The minimum absolute atomic E-state index is 0.0785. The van der Waals surface area contributed by atoms with E-state index in [0.717, 1.165) is 24.2 Å². The SMILES string of the molecule is Cc1cncc(NC(=O)CCC2CCCCN2)c1. The van der Waals surface area contributed by atoms with Crippen LogP contribution in [-0.4, -0.2) is 23.5 Å². The highest BCUT2D eigenvalue weighted by Gasteiger charge is 2.13. The number of piperidine rings is 1. The fourth-order valence-corrected chi connectivity index (χ4v) is 2.32. The number of aryl methyl sites for hydroxylation is 1. The summed E-state index contributed by atoms with van der Waals surface area (Å²) in [5.41, 5.74) is 1.85. The van der Waals surface area contributed by atoms with E-state index in [-0.39, 0.29) is 5.91 Å². The number of carbonyl (C=O) groups is 1. The molecule has 1 saturated heterocycles. The molecule has 1 aliphatic rings. The zero-order valence-corrected chi connectivity index (χ0v) is 10.9. The first-order chi connectivity index (χ1) is 8.74. The predicted molar refractivity (Wildman–Crippen MR) is 72.5 cm³/mol. The number of pyridine rings is 1. The van der Waals surface area contributed by atoms with Crippen molar-refractivity contribution in [3.8, 4) is 0 Å². The zero-order valence-electron chi connectivity index (χ0n) is 10.9. The van der Waals surface area contributed by atoms with Crippen LogP contribution in [0.1, 0.15) is 37.7 Å². The lowest BCUT2D eigenvalue weighted by molar-refractivity contribution is -0.116. The largest absolute Gasteiger partial charge is 0.325 e. The maximum atomic E-state index is 11.8. The van der Waals surface area contributed by atoms with Crippen molar-refractivity contribution in [1.82, 2.24) is 10.3 Å². The fourth-order valence-electron chi connectivity index (χ4n) is 2.32. The molecule has 1 aliphatic heterocycles. The Balaban J connectivity index is 1.74. The van der Waals surface area contributed by atoms with Crippen LogP contribution in [0.4, 0.5) is 5.69 Å². The Morgan fingerprint density at radius 3 is 3.11 bits per heavy atom. The number of amides is 1. The van der Waals surface area contributed by atoms with Gasteiger partial charge in [0.1, 0.15) is 0 Å². The van der Waals surface area contributed by atoms with Crippen molar-refractivity contribution in [2.75, 3.05) is 11.9 Å². The molecule has 1 unspecified atom stereocenters. The van der Waals surface area contributed by atoms with Crippen molar-refractivity contribution in [2.24, 2.45) is 0 Å². The first kappa shape index (κ1) is 13.0. The second-order valence-electron chi connectivity index (χ2n) is 4.98. The zero-order chi connectivity index (χ0) is 12.8. The van der Waals surface area contributed by atoms with Crippen LogP contribution >= 0.6 is 0 Å². The smallest absolute Gasteiger partial charge is 0.224 e. The second kappa shape index (κ2) is 6.50. The van der Waals surface area contributed by atoms with E-state index < -0.39 is 0 Å². The molecule has 1 aromatic rings. The molecule has 1 aromatic heterocycles. The molecule has 18 heavy (non-hydrogen) atoms. The van der Waals surface area contributed by atoms with E-state index in [0.29, 0.717) is 12.5 Å². The molecule has 0 aliphatic carbocycles. The Kier molecular flexibility index (Phi) is 4.70. The van der Waals surface area contributed by atoms with E-state index in [1.165, 1.54) is 19.3 Å². The summed E-state index contributed by atoms with van der Waals surface area (Å²) < 4.78 is 0. The summed E-state index contributed by atoms with van der Waals surface area (Å²) in [5.74, 6) is 0.0785. The molecule has 1 fully saturated rings. The molecule has 2 rings (SSSR count). The summed E-state index contributed by atoms with van der Waals surface area (Å²) >= 11 is 0. The number of hydrogen-bond donors (Lipinski definition) is 2.